The lowest BCUT2D eigenvalue weighted by Crippen LogP contribution is -2.28. The number of rotatable bonds is 5. The van der Waals surface area contributed by atoms with E-state index in [2.05, 4.69) is 46.3 Å². The van der Waals surface area contributed by atoms with Gasteiger partial charge in [-0.3, -0.25) is 0 Å². The minimum absolute atomic E-state index is 0.592. The van der Waals surface area contributed by atoms with Crippen molar-refractivity contribution in [3.63, 3.8) is 0 Å². The number of benzene rings is 2. The van der Waals surface area contributed by atoms with Crippen LogP contribution < -0.4 is 15.3 Å². The molecule has 0 bridgehead atoms. The van der Waals surface area contributed by atoms with Crippen molar-refractivity contribution in [2.75, 3.05) is 27.2 Å². The topological polar surface area (TPSA) is 53.5 Å². The first-order valence-electron chi connectivity index (χ1n) is 9.55. The van der Waals surface area contributed by atoms with Crippen LogP contribution in [0.4, 0.5) is 0 Å². The summed E-state index contributed by atoms with van der Waals surface area (Å²) in [4.78, 5) is 15.4. The molecule has 0 fully saturated rings. The van der Waals surface area contributed by atoms with E-state index in [9.17, 15) is 0 Å². The molecular formula is C23H22N4O. The van der Waals surface area contributed by atoms with Crippen molar-refractivity contribution in [3.8, 4) is 17.1 Å². The van der Waals surface area contributed by atoms with Gasteiger partial charge in [-0.2, -0.15) is 0 Å². The van der Waals surface area contributed by atoms with Gasteiger partial charge in [-0.15, -0.1) is 0 Å². The molecule has 1 aromatic heterocycles. The quantitative estimate of drug-likeness (QED) is 0.751. The number of aromatic amines is 1. The molecule has 5 nitrogen and oxygen atoms in total. The Morgan fingerprint density at radius 3 is 2.86 bits per heavy atom. The van der Waals surface area contributed by atoms with E-state index in [-0.39, 0.29) is 0 Å². The third kappa shape index (κ3) is 2.84. The van der Waals surface area contributed by atoms with Crippen molar-refractivity contribution >= 4 is 16.6 Å². The molecule has 0 saturated heterocycles. The molecule has 0 amide bonds. The molecular weight excluding hydrogens is 348 g/mol. The lowest BCUT2D eigenvalue weighted by Gasteiger charge is -2.11. The Bertz CT molecular complexity index is 1230. The summed E-state index contributed by atoms with van der Waals surface area (Å²) < 4.78 is 6.25. The predicted octanol–water partition coefficient (Wildman–Crippen LogP) is 2.80. The van der Waals surface area contributed by atoms with Crippen molar-refractivity contribution in [1.29, 1.82) is 0 Å². The van der Waals surface area contributed by atoms with E-state index < -0.39 is 0 Å². The Balaban J connectivity index is 1.71. The predicted molar refractivity (Wildman–Crippen MR) is 112 cm³/mol. The molecule has 0 radical (unpaired) electrons. The van der Waals surface area contributed by atoms with Crippen LogP contribution >= 0.6 is 0 Å². The van der Waals surface area contributed by atoms with Gasteiger partial charge in [0.05, 0.1) is 11.2 Å². The maximum absolute atomic E-state index is 6.25. The highest BCUT2D eigenvalue weighted by molar-refractivity contribution is 5.87. The van der Waals surface area contributed by atoms with Crippen LogP contribution in [-0.2, 0) is 0 Å². The van der Waals surface area contributed by atoms with Crippen LogP contribution in [-0.4, -0.2) is 42.1 Å². The fraction of sp³-hybridized carbons (Fsp3) is 0.217. The van der Waals surface area contributed by atoms with E-state index in [1.165, 1.54) is 5.57 Å². The van der Waals surface area contributed by atoms with Crippen LogP contribution in [0.3, 0.4) is 0 Å². The van der Waals surface area contributed by atoms with Crippen molar-refractivity contribution in [2.45, 2.75) is 6.42 Å². The molecule has 0 atom stereocenters. The van der Waals surface area contributed by atoms with Crippen LogP contribution in [0.5, 0.6) is 5.75 Å². The molecule has 140 valence electrons. The Kier molecular flexibility index (Phi) is 4.10. The number of imidazole rings is 1. The zero-order valence-electron chi connectivity index (χ0n) is 16.1. The monoisotopic (exact) mass is 370 g/mol. The second-order valence-electron chi connectivity index (χ2n) is 7.38. The lowest BCUT2D eigenvalue weighted by molar-refractivity contribution is 0.261. The molecule has 1 N–H and O–H groups in total. The van der Waals surface area contributed by atoms with Gasteiger partial charge in [0.1, 0.15) is 23.3 Å². The summed E-state index contributed by atoms with van der Waals surface area (Å²) in [6, 6.07) is 12.3. The zero-order chi connectivity index (χ0) is 19.1. The lowest BCUT2D eigenvalue weighted by atomic mass is 10.0. The van der Waals surface area contributed by atoms with Gasteiger partial charge < -0.3 is 14.6 Å². The van der Waals surface area contributed by atoms with Gasteiger partial charge in [0, 0.05) is 17.3 Å². The highest BCUT2D eigenvalue weighted by Gasteiger charge is 2.21. The molecule has 3 aromatic rings. The minimum atomic E-state index is 0.592. The summed E-state index contributed by atoms with van der Waals surface area (Å²) >= 11 is 0. The van der Waals surface area contributed by atoms with Crippen molar-refractivity contribution < 1.29 is 4.74 Å². The van der Waals surface area contributed by atoms with Gasteiger partial charge in [0.15, 0.2) is 5.75 Å². The minimum Gasteiger partial charge on any atom is -0.488 e. The van der Waals surface area contributed by atoms with E-state index >= 15 is 0 Å². The Labute approximate surface area is 163 Å². The van der Waals surface area contributed by atoms with Gasteiger partial charge >= 0.3 is 0 Å². The molecule has 1 aliphatic carbocycles. The van der Waals surface area contributed by atoms with Crippen LogP contribution in [0.1, 0.15) is 6.42 Å². The SMILES string of the molecule is CN(C)CCOc1c2c(cc3[nH]c(-c4ccccc4)nc13)=C1CC=CC=C1N=2. The van der Waals surface area contributed by atoms with Gasteiger partial charge in [-0.05, 0) is 38.2 Å². The van der Waals surface area contributed by atoms with Crippen LogP contribution in [0.15, 0.2) is 65.3 Å². The second-order valence-corrected chi connectivity index (χ2v) is 7.38. The number of nitrogens with zero attached hydrogens (tertiary/aromatic N) is 3. The first-order chi connectivity index (χ1) is 13.7. The number of aromatic nitrogens is 2. The zero-order valence-corrected chi connectivity index (χ0v) is 16.1. The van der Waals surface area contributed by atoms with E-state index in [1.807, 2.05) is 32.3 Å². The molecule has 0 unspecified atom stereocenters. The van der Waals surface area contributed by atoms with Crippen molar-refractivity contribution in [3.05, 3.63) is 70.9 Å². The first kappa shape index (κ1) is 17.0. The van der Waals surface area contributed by atoms with E-state index in [0.29, 0.717) is 6.61 Å². The number of H-pyrrole nitrogens is 1. The maximum atomic E-state index is 6.25. The molecule has 2 aromatic carbocycles. The third-order valence-electron chi connectivity index (χ3n) is 5.12. The van der Waals surface area contributed by atoms with Crippen molar-refractivity contribution in [2.24, 2.45) is 4.99 Å². The van der Waals surface area contributed by atoms with Crippen LogP contribution in [0, 0.1) is 0 Å². The van der Waals surface area contributed by atoms with E-state index in [1.54, 1.807) is 0 Å². The molecule has 0 spiro atoms. The largest absolute Gasteiger partial charge is 0.488 e. The first-order valence-corrected chi connectivity index (χ1v) is 9.55. The number of fused-ring (bicyclic) bond motifs is 3. The number of hydrogen-bond donors (Lipinski definition) is 1. The molecule has 1 aliphatic heterocycles. The fourth-order valence-electron chi connectivity index (χ4n) is 3.68. The molecule has 5 rings (SSSR count). The maximum Gasteiger partial charge on any atom is 0.173 e. The van der Waals surface area contributed by atoms with Gasteiger partial charge in [0.2, 0.25) is 0 Å². The number of likely N-dealkylation sites (N-methyl/N-ethyl adjacent to an activating group) is 1. The van der Waals surface area contributed by atoms with Gasteiger partial charge in [0.25, 0.3) is 0 Å². The molecule has 2 heterocycles. The summed E-state index contributed by atoms with van der Waals surface area (Å²) in [6.07, 6.45) is 7.20. The highest BCUT2D eigenvalue weighted by Crippen LogP contribution is 2.28. The normalized spacial score (nSPS) is 14.8. The summed E-state index contributed by atoms with van der Waals surface area (Å²) in [6.45, 7) is 1.43. The van der Waals surface area contributed by atoms with Crippen LogP contribution in [0.25, 0.3) is 28.0 Å². The fourth-order valence-corrected chi connectivity index (χ4v) is 3.68. The van der Waals surface area contributed by atoms with Gasteiger partial charge in [-0.25, -0.2) is 9.98 Å². The average molecular weight is 370 g/mol. The highest BCUT2D eigenvalue weighted by atomic mass is 16.5. The van der Waals surface area contributed by atoms with Gasteiger partial charge in [-0.1, -0.05) is 42.5 Å². The standard InChI is InChI=1S/C23H22N4O/c1-27(2)12-13-28-22-20-17(16-10-6-7-11-18(16)24-20)14-19-21(22)26-23(25-19)15-8-4-3-5-9-15/h3-9,11,14H,10,12-13H2,1-2H3,(H,25,26). The van der Waals surface area contributed by atoms with E-state index in [0.717, 1.165) is 57.4 Å². The van der Waals surface area contributed by atoms with Crippen molar-refractivity contribution in [1.82, 2.24) is 14.9 Å². The average Bonchev–Trinajstić information content (AvgIpc) is 3.29. The molecule has 0 saturated carbocycles. The summed E-state index contributed by atoms with van der Waals surface area (Å²) in [5.74, 6) is 1.62. The Morgan fingerprint density at radius 1 is 1.18 bits per heavy atom. The van der Waals surface area contributed by atoms with E-state index in [4.69, 9.17) is 14.7 Å². The molecule has 2 aliphatic rings. The summed E-state index contributed by atoms with van der Waals surface area (Å²) in [5, 5.41) is 2.05. The number of ether oxygens (including phenoxy) is 1. The number of allylic oxidation sites excluding steroid dienone is 4. The molecule has 28 heavy (non-hydrogen) atoms. The third-order valence-corrected chi connectivity index (χ3v) is 5.12. The summed E-state index contributed by atoms with van der Waals surface area (Å²) in [7, 11) is 4.09. The second kappa shape index (κ2) is 6.77. The van der Waals surface area contributed by atoms with Crippen LogP contribution in [0.2, 0.25) is 0 Å². The smallest absolute Gasteiger partial charge is 0.173 e. The Hall–Kier alpha value is -3.18. The molecule has 5 heteroatoms. The number of nitrogens with one attached hydrogen (secondary N) is 1. The number of hydrogen-bond acceptors (Lipinski definition) is 4. The Morgan fingerprint density at radius 2 is 2.04 bits per heavy atom. The summed E-state index contributed by atoms with van der Waals surface area (Å²) in [5.41, 5.74) is 5.17.